The molecule has 5 nitrogen and oxygen atoms in total. The maximum Gasteiger partial charge on any atom is 0.316 e. The van der Waals surface area contributed by atoms with Crippen molar-refractivity contribution in [3.05, 3.63) is 54.1 Å². The van der Waals surface area contributed by atoms with Crippen molar-refractivity contribution in [3.63, 3.8) is 0 Å². The second kappa shape index (κ2) is 7.88. The number of nitrogens with two attached hydrogens (primary N) is 1. The summed E-state index contributed by atoms with van der Waals surface area (Å²) in [6.45, 7) is 4.00. The molecule has 0 spiro atoms. The molecule has 140 valence electrons. The lowest BCUT2D eigenvalue weighted by molar-refractivity contribution is -0.143. The van der Waals surface area contributed by atoms with E-state index in [9.17, 15) is 4.79 Å². The van der Waals surface area contributed by atoms with Gasteiger partial charge in [0.1, 0.15) is 10.7 Å². The Morgan fingerprint density at radius 1 is 1.00 bits per heavy atom. The monoisotopic (exact) mass is 381 g/mol. The number of carbonyl (C=O) groups is 1. The molecular weight excluding hydrogens is 358 g/mol. The first-order valence-electron chi connectivity index (χ1n) is 9.02. The van der Waals surface area contributed by atoms with Crippen LogP contribution in [0.1, 0.15) is 32.3 Å². The van der Waals surface area contributed by atoms with Crippen molar-refractivity contribution >= 4 is 22.5 Å². The van der Waals surface area contributed by atoms with Crippen LogP contribution in [0.5, 0.6) is 0 Å². The van der Waals surface area contributed by atoms with Crippen molar-refractivity contribution < 1.29 is 9.53 Å². The van der Waals surface area contributed by atoms with Gasteiger partial charge >= 0.3 is 5.97 Å². The highest BCUT2D eigenvalue weighted by molar-refractivity contribution is 7.10. The van der Waals surface area contributed by atoms with Gasteiger partial charge in [0.15, 0.2) is 0 Å². The quantitative estimate of drug-likeness (QED) is 0.664. The zero-order chi connectivity index (χ0) is 19.4. The summed E-state index contributed by atoms with van der Waals surface area (Å²) in [4.78, 5) is 12.0. The normalized spacial score (nSPS) is 14.0. The molecule has 0 unspecified atom stereocenters. The van der Waals surface area contributed by atoms with Crippen LogP contribution in [0.25, 0.3) is 22.4 Å². The Morgan fingerprint density at radius 2 is 1.52 bits per heavy atom. The fourth-order valence-corrected chi connectivity index (χ4v) is 3.59. The van der Waals surface area contributed by atoms with Crippen molar-refractivity contribution in [2.24, 2.45) is 0 Å². The van der Waals surface area contributed by atoms with Crippen LogP contribution < -0.4 is 5.73 Å². The predicted octanol–water partition coefficient (Wildman–Crippen LogP) is 4.69. The van der Waals surface area contributed by atoms with Gasteiger partial charge in [0.25, 0.3) is 0 Å². The summed E-state index contributed by atoms with van der Waals surface area (Å²) in [6.07, 6.45) is 1.72. The second-order valence-corrected chi connectivity index (χ2v) is 7.00. The minimum absolute atomic E-state index is 0.140. The molecule has 3 aromatic rings. The van der Waals surface area contributed by atoms with E-state index in [1.165, 1.54) is 18.6 Å². The maximum atomic E-state index is 12.0. The van der Waals surface area contributed by atoms with E-state index in [0.29, 0.717) is 5.00 Å². The molecule has 1 aliphatic carbocycles. The second-order valence-electron chi connectivity index (χ2n) is 6.21. The summed E-state index contributed by atoms with van der Waals surface area (Å²) in [5.74, 6) is -0.140. The molecule has 4 rings (SSSR count). The average Bonchev–Trinajstić information content (AvgIpc) is 3.44. The van der Waals surface area contributed by atoms with E-state index in [1.54, 1.807) is 0 Å². The maximum absolute atomic E-state index is 12.0. The molecule has 0 saturated heterocycles. The van der Waals surface area contributed by atoms with Crippen LogP contribution in [0.3, 0.4) is 0 Å². The van der Waals surface area contributed by atoms with Crippen molar-refractivity contribution in [3.8, 4) is 22.4 Å². The fourth-order valence-electron chi connectivity index (χ4n) is 3.13. The Morgan fingerprint density at radius 3 is 1.96 bits per heavy atom. The molecule has 27 heavy (non-hydrogen) atoms. The van der Waals surface area contributed by atoms with Gasteiger partial charge in [-0.15, -0.1) is 5.10 Å². The smallest absolute Gasteiger partial charge is 0.316 e. The first-order valence-corrected chi connectivity index (χ1v) is 9.79. The number of rotatable bonds is 4. The lowest BCUT2D eigenvalue weighted by atomic mass is 9.93. The summed E-state index contributed by atoms with van der Waals surface area (Å²) < 4.78 is 8.81. The lowest BCUT2D eigenvalue weighted by Crippen LogP contribution is -2.21. The highest BCUT2D eigenvalue weighted by atomic mass is 32.1. The number of hydrogen-bond donors (Lipinski definition) is 1. The van der Waals surface area contributed by atoms with E-state index in [-0.39, 0.29) is 5.97 Å². The number of methoxy groups -OCH3 is 1. The van der Waals surface area contributed by atoms with E-state index in [4.69, 9.17) is 10.5 Å². The van der Waals surface area contributed by atoms with Gasteiger partial charge in [0.2, 0.25) is 0 Å². The van der Waals surface area contributed by atoms with E-state index in [1.807, 2.05) is 62.4 Å². The molecule has 1 aliphatic rings. The number of carbonyl (C=O) groups excluding carboxylic acids is 1. The van der Waals surface area contributed by atoms with E-state index < -0.39 is 5.41 Å². The van der Waals surface area contributed by atoms with Gasteiger partial charge in [-0.25, -0.2) is 0 Å². The van der Waals surface area contributed by atoms with Crippen molar-refractivity contribution in [1.82, 2.24) is 9.59 Å². The van der Waals surface area contributed by atoms with E-state index in [2.05, 4.69) is 9.59 Å². The van der Waals surface area contributed by atoms with E-state index in [0.717, 1.165) is 40.8 Å². The van der Waals surface area contributed by atoms with Gasteiger partial charge < -0.3 is 10.5 Å². The minimum Gasteiger partial charge on any atom is -0.468 e. The molecule has 0 atom stereocenters. The molecule has 6 heteroatoms. The standard InChI is InChI=1S/C19H17N3O2S.C2H6/c1-24-18(23)19(10-11-19)15-8-6-13(7-9-15)12-2-4-14(5-3-12)16-17(20)25-22-21-16;1-2/h2-9H,10-11,20H2,1H3;1-2H3. The zero-order valence-electron chi connectivity index (χ0n) is 15.7. The number of benzene rings is 2. The van der Waals surface area contributed by atoms with Crippen LogP contribution in [-0.2, 0) is 14.9 Å². The number of nitrogens with zero attached hydrogens (tertiary/aromatic N) is 2. The third-order valence-electron chi connectivity index (χ3n) is 4.77. The third-order valence-corrected chi connectivity index (χ3v) is 5.32. The lowest BCUT2D eigenvalue weighted by Gasteiger charge is -2.13. The number of aromatic nitrogens is 2. The third kappa shape index (κ3) is 3.57. The van der Waals surface area contributed by atoms with Gasteiger partial charge in [-0.3, -0.25) is 4.79 Å². The molecule has 0 amide bonds. The number of esters is 1. The van der Waals surface area contributed by atoms with E-state index >= 15 is 0 Å². The Balaban J connectivity index is 0.00000102. The highest BCUT2D eigenvalue weighted by Gasteiger charge is 2.52. The molecule has 0 radical (unpaired) electrons. The number of ether oxygens (including phenoxy) is 1. The van der Waals surface area contributed by atoms with Gasteiger partial charge in [0, 0.05) is 17.1 Å². The molecule has 0 bridgehead atoms. The van der Waals surface area contributed by atoms with Crippen molar-refractivity contribution in [2.75, 3.05) is 12.8 Å². The Hall–Kier alpha value is -2.73. The summed E-state index contributed by atoms with van der Waals surface area (Å²) in [7, 11) is 1.45. The highest BCUT2D eigenvalue weighted by Crippen LogP contribution is 2.49. The molecule has 0 aliphatic heterocycles. The fraction of sp³-hybridized carbons (Fsp3) is 0.286. The Kier molecular flexibility index (Phi) is 5.56. The van der Waals surface area contributed by atoms with Crippen LogP contribution in [0.2, 0.25) is 0 Å². The molecule has 2 N–H and O–H groups in total. The summed E-state index contributed by atoms with van der Waals surface area (Å²) in [5, 5.41) is 4.68. The van der Waals surface area contributed by atoms with Gasteiger partial charge in [0.05, 0.1) is 12.5 Å². The molecule has 1 heterocycles. The predicted molar refractivity (Wildman–Crippen MR) is 109 cm³/mol. The van der Waals surface area contributed by atoms with Crippen LogP contribution in [0.15, 0.2) is 48.5 Å². The number of hydrogen-bond acceptors (Lipinski definition) is 6. The Bertz CT molecular complexity index is 913. The largest absolute Gasteiger partial charge is 0.468 e. The molecule has 1 fully saturated rings. The number of anilines is 1. The summed E-state index contributed by atoms with van der Waals surface area (Å²) in [5.41, 5.74) is 10.4. The van der Waals surface area contributed by atoms with Crippen molar-refractivity contribution in [1.29, 1.82) is 0 Å². The molecule has 1 aromatic heterocycles. The number of nitrogen functional groups attached to an aromatic ring is 1. The van der Waals surface area contributed by atoms with Gasteiger partial charge in [-0.2, -0.15) is 0 Å². The summed E-state index contributed by atoms with van der Waals surface area (Å²) >= 11 is 1.19. The topological polar surface area (TPSA) is 78.1 Å². The molecule has 1 saturated carbocycles. The minimum atomic E-state index is -0.424. The summed E-state index contributed by atoms with van der Waals surface area (Å²) in [6, 6.07) is 16.2. The van der Waals surface area contributed by atoms with Crippen LogP contribution in [0, 0.1) is 0 Å². The van der Waals surface area contributed by atoms with Crippen LogP contribution in [0.4, 0.5) is 5.00 Å². The average molecular weight is 382 g/mol. The van der Waals surface area contributed by atoms with Gasteiger partial charge in [-0.1, -0.05) is 66.9 Å². The van der Waals surface area contributed by atoms with Crippen LogP contribution >= 0.6 is 11.5 Å². The van der Waals surface area contributed by atoms with Crippen molar-refractivity contribution in [2.45, 2.75) is 32.1 Å². The zero-order valence-corrected chi connectivity index (χ0v) is 16.5. The first-order chi connectivity index (χ1) is 13.1. The molecule has 2 aromatic carbocycles. The van der Waals surface area contributed by atoms with Crippen LogP contribution in [-0.4, -0.2) is 22.7 Å². The van der Waals surface area contributed by atoms with Gasteiger partial charge in [-0.05, 0) is 29.5 Å². The SMILES string of the molecule is CC.COC(=O)C1(c2ccc(-c3ccc(-c4nnsc4N)cc3)cc2)CC1. The molecular formula is C21H23N3O2S. The Labute approximate surface area is 163 Å². The first kappa shape index (κ1) is 19.0.